The fourth-order valence-corrected chi connectivity index (χ4v) is 2.37. The SMILES string of the molecule is COCC(O)CNC(=O)CCc1cc(Cl)cs1. The Balaban J connectivity index is 2.17. The number of aliphatic hydroxyl groups excluding tert-OH is 1. The fourth-order valence-electron chi connectivity index (χ4n) is 1.29. The minimum Gasteiger partial charge on any atom is -0.389 e. The van der Waals surface area contributed by atoms with E-state index in [4.69, 9.17) is 16.3 Å². The van der Waals surface area contributed by atoms with Gasteiger partial charge in [-0.05, 0) is 12.5 Å². The van der Waals surface area contributed by atoms with Gasteiger partial charge in [0.05, 0.1) is 17.7 Å². The summed E-state index contributed by atoms with van der Waals surface area (Å²) >= 11 is 7.32. The van der Waals surface area contributed by atoms with Gasteiger partial charge in [0.25, 0.3) is 0 Å². The quantitative estimate of drug-likeness (QED) is 0.793. The summed E-state index contributed by atoms with van der Waals surface area (Å²) < 4.78 is 4.75. The lowest BCUT2D eigenvalue weighted by atomic mass is 10.2. The standard InChI is InChI=1S/C11H16ClNO3S/c1-16-6-9(14)5-13-11(15)3-2-10-4-8(12)7-17-10/h4,7,9,14H,2-3,5-6H2,1H3,(H,13,15). The van der Waals surface area contributed by atoms with Crippen LogP contribution in [0.5, 0.6) is 0 Å². The maximum atomic E-state index is 11.4. The number of aryl methyl sites for hydroxylation is 1. The molecule has 1 unspecified atom stereocenters. The Morgan fingerprint density at radius 1 is 1.71 bits per heavy atom. The number of thiophene rings is 1. The van der Waals surface area contributed by atoms with Crippen LogP contribution in [0.15, 0.2) is 11.4 Å². The van der Waals surface area contributed by atoms with Crippen LogP contribution in [0.2, 0.25) is 5.02 Å². The zero-order valence-electron chi connectivity index (χ0n) is 9.61. The summed E-state index contributed by atoms with van der Waals surface area (Å²) in [5.74, 6) is -0.0790. The normalized spacial score (nSPS) is 12.4. The van der Waals surface area contributed by atoms with Crippen molar-refractivity contribution in [3.05, 3.63) is 21.3 Å². The van der Waals surface area contributed by atoms with E-state index in [0.717, 1.165) is 4.88 Å². The van der Waals surface area contributed by atoms with Gasteiger partial charge in [-0.25, -0.2) is 0 Å². The first-order chi connectivity index (χ1) is 8.11. The topological polar surface area (TPSA) is 58.6 Å². The Labute approximate surface area is 110 Å². The minimum atomic E-state index is -0.653. The average Bonchev–Trinajstić information content (AvgIpc) is 2.70. The van der Waals surface area contributed by atoms with Crippen molar-refractivity contribution in [3.8, 4) is 0 Å². The molecule has 0 saturated carbocycles. The van der Waals surface area contributed by atoms with Gasteiger partial charge in [0.1, 0.15) is 0 Å². The Morgan fingerprint density at radius 2 is 2.47 bits per heavy atom. The molecule has 0 radical (unpaired) electrons. The third kappa shape index (κ3) is 6.02. The van der Waals surface area contributed by atoms with Crippen LogP contribution in [-0.2, 0) is 16.0 Å². The van der Waals surface area contributed by atoms with Gasteiger partial charge < -0.3 is 15.2 Å². The van der Waals surface area contributed by atoms with Gasteiger partial charge in [-0.15, -0.1) is 11.3 Å². The third-order valence-electron chi connectivity index (χ3n) is 2.11. The van der Waals surface area contributed by atoms with Gasteiger partial charge in [0, 0.05) is 30.3 Å². The van der Waals surface area contributed by atoms with E-state index in [-0.39, 0.29) is 19.1 Å². The maximum Gasteiger partial charge on any atom is 0.220 e. The first-order valence-corrected chi connectivity index (χ1v) is 6.54. The van der Waals surface area contributed by atoms with Crippen molar-refractivity contribution < 1.29 is 14.6 Å². The molecule has 0 fully saturated rings. The summed E-state index contributed by atoms with van der Waals surface area (Å²) in [5.41, 5.74) is 0. The van der Waals surface area contributed by atoms with Crippen molar-refractivity contribution in [3.63, 3.8) is 0 Å². The zero-order valence-corrected chi connectivity index (χ0v) is 11.2. The smallest absolute Gasteiger partial charge is 0.220 e. The Bertz CT molecular complexity index is 356. The molecule has 0 bridgehead atoms. The van der Waals surface area contributed by atoms with E-state index in [9.17, 15) is 9.90 Å². The summed E-state index contributed by atoms with van der Waals surface area (Å²) in [6, 6.07) is 1.86. The number of halogens is 1. The molecule has 0 spiro atoms. The number of ether oxygens (including phenoxy) is 1. The summed E-state index contributed by atoms with van der Waals surface area (Å²) in [7, 11) is 1.51. The highest BCUT2D eigenvalue weighted by molar-refractivity contribution is 7.10. The van der Waals surface area contributed by atoms with Gasteiger partial charge >= 0.3 is 0 Å². The highest BCUT2D eigenvalue weighted by Gasteiger charge is 2.07. The lowest BCUT2D eigenvalue weighted by Crippen LogP contribution is -2.34. The second-order valence-corrected chi connectivity index (χ2v) is 5.08. The van der Waals surface area contributed by atoms with E-state index in [1.54, 1.807) is 11.3 Å². The Morgan fingerprint density at radius 3 is 3.06 bits per heavy atom. The van der Waals surface area contributed by atoms with Gasteiger partial charge in [-0.3, -0.25) is 4.79 Å². The molecule has 0 aliphatic carbocycles. The number of carbonyl (C=O) groups is 1. The molecule has 0 saturated heterocycles. The molecule has 17 heavy (non-hydrogen) atoms. The van der Waals surface area contributed by atoms with Crippen molar-refractivity contribution in [2.45, 2.75) is 18.9 Å². The van der Waals surface area contributed by atoms with Crippen LogP contribution in [0, 0.1) is 0 Å². The Hall–Kier alpha value is -0.620. The second kappa shape index (κ2) is 7.66. The molecule has 1 aromatic rings. The minimum absolute atomic E-state index is 0.0790. The van der Waals surface area contributed by atoms with Crippen LogP contribution in [-0.4, -0.2) is 37.4 Å². The molecule has 1 rings (SSSR count). The van der Waals surface area contributed by atoms with Crippen LogP contribution in [0.1, 0.15) is 11.3 Å². The van der Waals surface area contributed by atoms with E-state index < -0.39 is 6.10 Å². The van der Waals surface area contributed by atoms with E-state index in [2.05, 4.69) is 5.32 Å². The predicted octanol–water partition coefficient (Wildman–Crippen LogP) is 1.46. The number of rotatable bonds is 7. The molecule has 1 aromatic heterocycles. The van der Waals surface area contributed by atoms with Crippen LogP contribution >= 0.6 is 22.9 Å². The first kappa shape index (κ1) is 14.4. The molecule has 6 heteroatoms. The van der Waals surface area contributed by atoms with E-state index in [1.807, 2.05) is 11.4 Å². The average molecular weight is 278 g/mol. The highest BCUT2D eigenvalue weighted by Crippen LogP contribution is 2.20. The predicted molar refractivity (Wildman–Crippen MR) is 68.5 cm³/mol. The van der Waals surface area contributed by atoms with E-state index >= 15 is 0 Å². The van der Waals surface area contributed by atoms with Gasteiger partial charge in [0.15, 0.2) is 0 Å². The molecule has 1 atom stereocenters. The van der Waals surface area contributed by atoms with Crippen LogP contribution < -0.4 is 5.32 Å². The summed E-state index contributed by atoms with van der Waals surface area (Å²) in [6.45, 7) is 0.443. The molecule has 0 aromatic carbocycles. The lowest BCUT2D eigenvalue weighted by Gasteiger charge is -2.10. The number of nitrogens with one attached hydrogen (secondary N) is 1. The largest absolute Gasteiger partial charge is 0.389 e. The Kier molecular flexibility index (Phi) is 6.50. The van der Waals surface area contributed by atoms with Crippen LogP contribution in [0.4, 0.5) is 0 Å². The summed E-state index contributed by atoms with van der Waals surface area (Å²) in [5, 5.41) is 14.5. The number of aliphatic hydroxyl groups is 1. The molecule has 0 aliphatic heterocycles. The number of methoxy groups -OCH3 is 1. The second-order valence-electron chi connectivity index (χ2n) is 3.64. The molecule has 1 amide bonds. The molecule has 2 N–H and O–H groups in total. The zero-order chi connectivity index (χ0) is 12.7. The van der Waals surface area contributed by atoms with Gasteiger partial charge in [0.2, 0.25) is 5.91 Å². The molecule has 96 valence electrons. The van der Waals surface area contributed by atoms with Crippen molar-refractivity contribution in [1.29, 1.82) is 0 Å². The fraction of sp³-hybridized carbons (Fsp3) is 0.545. The summed E-state index contributed by atoms with van der Waals surface area (Å²) in [4.78, 5) is 12.5. The van der Waals surface area contributed by atoms with Gasteiger partial charge in [-0.2, -0.15) is 0 Å². The van der Waals surface area contributed by atoms with E-state index in [1.165, 1.54) is 7.11 Å². The monoisotopic (exact) mass is 277 g/mol. The third-order valence-corrected chi connectivity index (χ3v) is 3.46. The number of hydrogen-bond acceptors (Lipinski definition) is 4. The van der Waals surface area contributed by atoms with Crippen LogP contribution in [0.3, 0.4) is 0 Å². The molecule has 4 nitrogen and oxygen atoms in total. The van der Waals surface area contributed by atoms with Crippen molar-refractivity contribution in [2.24, 2.45) is 0 Å². The number of amides is 1. The highest BCUT2D eigenvalue weighted by atomic mass is 35.5. The van der Waals surface area contributed by atoms with Crippen molar-refractivity contribution >= 4 is 28.8 Å². The molecular weight excluding hydrogens is 262 g/mol. The number of hydrogen-bond donors (Lipinski definition) is 2. The number of carbonyl (C=O) groups excluding carboxylic acids is 1. The maximum absolute atomic E-state index is 11.4. The van der Waals surface area contributed by atoms with Crippen molar-refractivity contribution in [1.82, 2.24) is 5.32 Å². The van der Waals surface area contributed by atoms with Gasteiger partial charge in [-0.1, -0.05) is 11.6 Å². The van der Waals surface area contributed by atoms with Crippen molar-refractivity contribution in [2.75, 3.05) is 20.3 Å². The van der Waals surface area contributed by atoms with E-state index in [0.29, 0.717) is 17.9 Å². The first-order valence-electron chi connectivity index (χ1n) is 5.28. The molecule has 0 aliphatic rings. The molecule has 1 heterocycles. The molecular formula is C11H16ClNO3S. The lowest BCUT2D eigenvalue weighted by molar-refractivity contribution is -0.121. The summed E-state index contributed by atoms with van der Waals surface area (Å²) in [6.07, 6.45) is 0.417. The van der Waals surface area contributed by atoms with Crippen LogP contribution in [0.25, 0.3) is 0 Å².